The van der Waals surface area contributed by atoms with Crippen LogP contribution in [-0.4, -0.2) is 55.3 Å². The summed E-state index contributed by atoms with van der Waals surface area (Å²) in [6.07, 6.45) is 4.74. The maximum atomic E-state index is 13.3. The van der Waals surface area contributed by atoms with Crippen molar-refractivity contribution < 1.29 is 13.2 Å². The summed E-state index contributed by atoms with van der Waals surface area (Å²) < 4.78 is 31.6. The highest BCUT2D eigenvalue weighted by atomic mass is 32.2. The Hall–Kier alpha value is -2.11. The third-order valence-electron chi connectivity index (χ3n) is 5.01. The molecule has 9 nitrogen and oxygen atoms in total. The van der Waals surface area contributed by atoms with E-state index in [9.17, 15) is 13.2 Å². The van der Waals surface area contributed by atoms with Gasteiger partial charge in [-0.25, -0.2) is 13.8 Å². The molecule has 0 bridgehead atoms. The zero-order valence-corrected chi connectivity index (χ0v) is 19.7. The molecule has 0 saturated carbocycles. The minimum absolute atomic E-state index is 0.222. The number of hydrogen-bond acceptors (Lipinski definition) is 6. The molecule has 1 atom stereocenters. The normalized spacial score (nSPS) is 17.9. The predicted molar refractivity (Wildman–Crippen MR) is 120 cm³/mol. The molecule has 0 unspecified atom stereocenters. The molecule has 0 aliphatic carbocycles. The molecule has 166 valence electrons. The van der Waals surface area contributed by atoms with Crippen LogP contribution in [0.5, 0.6) is 0 Å². The van der Waals surface area contributed by atoms with Crippen molar-refractivity contribution in [1.29, 1.82) is 0 Å². The maximum absolute atomic E-state index is 13.3. The lowest BCUT2D eigenvalue weighted by Gasteiger charge is -2.37. The minimum atomic E-state index is -4.14. The lowest BCUT2D eigenvalue weighted by Crippen LogP contribution is -2.54. The second-order valence-electron chi connectivity index (χ2n) is 8.08. The largest absolute Gasteiger partial charge is 0.334 e. The number of thiophene rings is 1. The quantitative estimate of drug-likeness (QED) is 0.699. The molecule has 0 radical (unpaired) electrons. The van der Waals surface area contributed by atoms with Crippen molar-refractivity contribution in [3.05, 3.63) is 28.2 Å². The molecule has 3 heterocycles. The number of hydrogen-bond donors (Lipinski definition) is 2. The van der Waals surface area contributed by atoms with Gasteiger partial charge < -0.3 is 10.2 Å². The number of carbonyl (C=O) groups excluding carboxylic acids is 1. The van der Waals surface area contributed by atoms with Crippen LogP contribution in [0.2, 0.25) is 0 Å². The van der Waals surface area contributed by atoms with E-state index in [0.29, 0.717) is 24.3 Å². The molecule has 1 aliphatic heterocycles. The van der Waals surface area contributed by atoms with Crippen LogP contribution in [0.15, 0.2) is 18.5 Å². The van der Waals surface area contributed by atoms with Gasteiger partial charge in [0.25, 0.3) is 0 Å². The van der Waals surface area contributed by atoms with E-state index in [1.54, 1.807) is 29.3 Å². The van der Waals surface area contributed by atoms with Gasteiger partial charge in [0.15, 0.2) is 0 Å². The third kappa shape index (κ3) is 5.13. The van der Waals surface area contributed by atoms with Gasteiger partial charge >= 0.3 is 16.2 Å². The lowest BCUT2D eigenvalue weighted by molar-refractivity contribution is 0.251. The van der Waals surface area contributed by atoms with E-state index < -0.39 is 16.2 Å². The van der Waals surface area contributed by atoms with Gasteiger partial charge in [0, 0.05) is 29.5 Å². The zero-order valence-electron chi connectivity index (χ0n) is 18.0. The van der Waals surface area contributed by atoms with E-state index in [-0.39, 0.29) is 12.0 Å². The smallest absolute Gasteiger partial charge is 0.306 e. The second-order valence-corrected chi connectivity index (χ2v) is 10.9. The summed E-state index contributed by atoms with van der Waals surface area (Å²) in [5.74, 6) is 0.222. The number of likely N-dealkylation sites (N-methyl/N-ethyl adjacent to an activating group) is 1. The van der Waals surface area contributed by atoms with Crippen LogP contribution in [0.25, 0.3) is 0 Å². The summed E-state index contributed by atoms with van der Waals surface area (Å²) in [7, 11) is -0.441. The maximum Gasteiger partial charge on any atom is 0.334 e. The fourth-order valence-electron chi connectivity index (χ4n) is 3.77. The topological polar surface area (TPSA) is 99.6 Å². The summed E-state index contributed by atoms with van der Waals surface area (Å²) in [4.78, 5) is 16.8. The number of rotatable bonds is 6. The number of nitrogens with zero attached hydrogens (tertiary/aromatic N) is 4. The van der Waals surface area contributed by atoms with E-state index in [2.05, 4.69) is 20.0 Å². The van der Waals surface area contributed by atoms with Crippen LogP contribution < -0.4 is 14.3 Å². The Kier molecular flexibility index (Phi) is 6.73. The van der Waals surface area contributed by atoms with Crippen LogP contribution >= 0.6 is 11.3 Å². The number of amides is 2. The highest BCUT2D eigenvalue weighted by Gasteiger charge is 2.35. The van der Waals surface area contributed by atoms with Crippen molar-refractivity contribution in [2.45, 2.75) is 45.6 Å². The Morgan fingerprint density at radius 3 is 2.70 bits per heavy atom. The first-order valence-electron chi connectivity index (χ1n) is 9.97. The van der Waals surface area contributed by atoms with Crippen molar-refractivity contribution in [3.63, 3.8) is 0 Å². The van der Waals surface area contributed by atoms with Gasteiger partial charge in [0.05, 0.1) is 23.6 Å². The molecule has 0 spiro atoms. The van der Waals surface area contributed by atoms with Crippen LogP contribution in [0, 0.1) is 6.92 Å². The third-order valence-corrected chi connectivity index (χ3v) is 7.84. The molecule has 2 N–H and O–H groups in total. The van der Waals surface area contributed by atoms with Gasteiger partial charge in [0.2, 0.25) is 0 Å². The van der Waals surface area contributed by atoms with Gasteiger partial charge in [-0.2, -0.15) is 13.5 Å². The van der Waals surface area contributed by atoms with Gasteiger partial charge in [-0.3, -0.25) is 4.68 Å². The van der Waals surface area contributed by atoms with Crippen molar-refractivity contribution in [1.82, 2.24) is 19.4 Å². The van der Waals surface area contributed by atoms with Crippen LogP contribution in [-0.2, 0) is 17.3 Å². The standard InChI is InChI=1S/C19H30N6O3S2/c1-13(2)18-17(9-14(3)29-18)21-19(26)22-30(27,28)25(16-10-20-24(5)12-16)15-7-6-8-23(4)11-15/h9-10,12-13,15H,6-8,11H2,1-5H3,(H2,21,22,26)/t15-/m1/s1. The SMILES string of the molecule is Cc1cc(NC(=O)NS(=O)(=O)N(c2cnn(C)c2)[C@@H]2CCCN(C)C2)c(C(C)C)s1. The molecule has 1 saturated heterocycles. The number of piperidine rings is 1. The fourth-order valence-corrected chi connectivity index (χ4v) is 6.07. The molecule has 2 aromatic heterocycles. The Morgan fingerprint density at radius 2 is 2.10 bits per heavy atom. The van der Waals surface area contributed by atoms with Crippen molar-refractivity contribution in [2.75, 3.05) is 29.8 Å². The van der Waals surface area contributed by atoms with Gasteiger partial charge in [-0.05, 0) is 45.3 Å². The molecule has 3 rings (SSSR count). The number of aromatic nitrogens is 2. The molecule has 0 aromatic carbocycles. The van der Waals surface area contributed by atoms with E-state index in [0.717, 1.165) is 22.7 Å². The van der Waals surface area contributed by atoms with E-state index in [4.69, 9.17) is 0 Å². The molecule has 30 heavy (non-hydrogen) atoms. The van der Waals surface area contributed by atoms with Crippen LogP contribution in [0.4, 0.5) is 16.2 Å². The number of anilines is 2. The average Bonchev–Trinajstić information content (AvgIpc) is 3.20. The Balaban J connectivity index is 1.83. The average molecular weight is 455 g/mol. The van der Waals surface area contributed by atoms with Crippen LogP contribution in [0.1, 0.15) is 42.4 Å². The Bertz CT molecular complexity index is 998. The lowest BCUT2D eigenvalue weighted by atomic mass is 10.1. The fraction of sp³-hybridized carbons (Fsp3) is 0.579. The highest BCUT2D eigenvalue weighted by molar-refractivity contribution is 7.91. The van der Waals surface area contributed by atoms with E-state index in [1.807, 2.05) is 33.9 Å². The predicted octanol–water partition coefficient (Wildman–Crippen LogP) is 2.88. The van der Waals surface area contributed by atoms with E-state index in [1.165, 1.54) is 10.5 Å². The highest BCUT2D eigenvalue weighted by Crippen LogP contribution is 2.33. The van der Waals surface area contributed by atoms with Crippen molar-refractivity contribution in [3.8, 4) is 0 Å². The van der Waals surface area contributed by atoms with E-state index >= 15 is 0 Å². The number of urea groups is 1. The number of aryl methyl sites for hydroxylation is 2. The summed E-state index contributed by atoms with van der Waals surface area (Å²) in [5, 5.41) is 6.83. The van der Waals surface area contributed by atoms with Gasteiger partial charge in [0.1, 0.15) is 0 Å². The zero-order chi connectivity index (χ0) is 22.1. The first-order chi connectivity index (χ1) is 14.1. The number of carbonyl (C=O) groups is 1. The molecule has 1 aliphatic rings. The molecular weight excluding hydrogens is 424 g/mol. The first-order valence-corrected chi connectivity index (χ1v) is 12.2. The number of likely N-dealkylation sites (tertiary alicyclic amines) is 1. The second kappa shape index (κ2) is 8.94. The molecule has 1 fully saturated rings. The van der Waals surface area contributed by atoms with Gasteiger partial charge in [-0.1, -0.05) is 13.8 Å². The minimum Gasteiger partial charge on any atom is -0.306 e. The summed E-state index contributed by atoms with van der Waals surface area (Å²) in [5.41, 5.74) is 1.08. The summed E-state index contributed by atoms with van der Waals surface area (Å²) >= 11 is 1.59. The summed E-state index contributed by atoms with van der Waals surface area (Å²) in [6, 6.07) is 0.807. The Morgan fingerprint density at radius 1 is 1.37 bits per heavy atom. The summed E-state index contributed by atoms with van der Waals surface area (Å²) in [6.45, 7) is 7.53. The number of nitrogens with one attached hydrogen (secondary N) is 2. The van der Waals surface area contributed by atoms with Gasteiger partial charge in [-0.15, -0.1) is 11.3 Å². The monoisotopic (exact) mass is 454 g/mol. The van der Waals surface area contributed by atoms with Crippen molar-refractivity contribution in [2.24, 2.45) is 7.05 Å². The Labute approximate surface area is 182 Å². The van der Waals surface area contributed by atoms with Crippen LogP contribution in [0.3, 0.4) is 0 Å². The molecular formula is C19H30N6O3S2. The molecule has 2 amide bonds. The molecule has 11 heteroatoms. The first kappa shape index (κ1) is 22.6. The molecule has 2 aromatic rings. The van der Waals surface area contributed by atoms with Crippen molar-refractivity contribution >= 4 is 39.0 Å².